The Hall–Kier alpha value is -1.30. The van der Waals surface area contributed by atoms with E-state index < -0.39 is 5.97 Å². The lowest BCUT2D eigenvalue weighted by Gasteiger charge is -2.21. The SMILES string of the molecule is CCOC(=O)C#CCCCCC1(C)CCCC1=O. The first-order valence-electron chi connectivity index (χ1n) is 6.77. The van der Waals surface area contributed by atoms with Gasteiger partial charge in [0.25, 0.3) is 0 Å². The molecule has 0 heterocycles. The van der Waals surface area contributed by atoms with Gasteiger partial charge >= 0.3 is 5.97 Å². The van der Waals surface area contributed by atoms with E-state index in [0.29, 0.717) is 18.8 Å². The van der Waals surface area contributed by atoms with E-state index in [2.05, 4.69) is 18.8 Å². The van der Waals surface area contributed by atoms with Gasteiger partial charge in [-0.05, 0) is 32.6 Å². The summed E-state index contributed by atoms with van der Waals surface area (Å²) in [6.07, 6.45) is 6.41. The lowest BCUT2D eigenvalue weighted by molar-refractivity contribution is -0.136. The molecule has 0 radical (unpaired) electrons. The molecule has 1 aliphatic carbocycles. The third-order valence-corrected chi connectivity index (χ3v) is 3.55. The molecule has 0 bridgehead atoms. The quantitative estimate of drug-likeness (QED) is 0.326. The number of ketones is 1. The minimum atomic E-state index is -0.449. The van der Waals surface area contributed by atoms with Gasteiger partial charge in [-0.1, -0.05) is 19.3 Å². The van der Waals surface area contributed by atoms with Crippen molar-refractivity contribution in [2.45, 2.75) is 58.8 Å². The molecule has 1 fully saturated rings. The van der Waals surface area contributed by atoms with Crippen molar-refractivity contribution >= 4 is 11.8 Å². The van der Waals surface area contributed by atoms with E-state index in [1.54, 1.807) is 6.92 Å². The van der Waals surface area contributed by atoms with Crippen LogP contribution in [-0.2, 0) is 14.3 Å². The molecule has 0 aromatic heterocycles. The summed E-state index contributed by atoms with van der Waals surface area (Å²) >= 11 is 0. The third-order valence-electron chi connectivity index (χ3n) is 3.55. The van der Waals surface area contributed by atoms with Gasteiger partial charge in [0.15, 0.2) is 0 Å². The lowest BCUT2D eigenvalue weighted by Crippen LogP contribution is -2.21. The Morgan fingerprint density at radius 1 is 1.44 bits per heavy atom. The number of esters is 1. The average molecular weight is 250 g/mol. The second kappa shape index (κ2) is 7.20. The summed E-state index contributed by atoms with van der Waals surface area (Å²) < 4.78 is 4.70. The maximum Gasteiger partial charge on any atom is 0.384 e. The minimum Gasteiger partial charge on any atom is -0.456 e. The monoisotopic (exact) mass is 250 g/mol. The van der Waals surface area contributed by atoms with Crippen molar-refractivity contribution in [1.82, 2.24) is 0 Å². The Kier molecular flexibility index (Phi) is 5.91. The second-order valence-electron chi connectivity index (χ2n) is 5.07. The van der Waals surface area contributed by atoms with Gasteiger partial charge in [-0.2, -0.15) is 0 Å². The predicted octanol–water partition coefficient (Wildman–Crippen LogP) is 2.87. The molecular weight excluding hydrogens is 228 g/mol. The first-order chi connectivity index (χ1) is 8.58. The van der Waals surface area contributed by atoms with Crippen LogP contribution in [0.1, 0.15) is 58.8 Å². The predicted molar refractivity (Wildman–Crippen MR) is 69.8 cm³/mol. The molecule has 1 aliphatic rings. The van der Waals surface area contributed by atoms with Gasteiger partial charge in [0.05, 0.1) is 6.61 Å². The molecule has 0 aromatic carbocycles. The molecule has 100 valence electrons. The van der Waals surface area contributed by atoms with Crippen LogP contribution in [0.4, 0.5) is 0 Å². The van der Waals surface area contributed by atoms with Gasteiger partial charge in [-0.15, -0.1) is 0 Å². The van der Waals surface area contributed by atoms with Gasteiger partial charge in [0.2, 0.25) is 0 Å². The number of carbonyl (C=O) groups is 2. The maximum atomic E-state index is 11.7. The number of Topliss-reactive ketones (excluding diaryl/α,β-unsaturated/α-hetero) is 1. The summed E-state index contributed by atoms with van der Waals surface area (Å²) in [7, 11) is 0. The van der Waals surface area contributed by atoms with Crippen molar-refractivity contribution in [2.24, 2.45) is 5.41 Å². The molecular formula is C15H22O3. The third kappa shape index (κ3) is 4.52. The first kappa shape index (κ1) is 14.8. The summed E-state index contributed by atoms with van der Waals surface area (Å²) in [6.45, 7) is 4.21. The molecule has 0 N–H and O–H groups in total. The second-order valence-corrected chi connectivity index (χ2v) is 5.07. The first-order valence-corrected chi connectivity index (χ1v) is 6.77. The Morgan fingerprint density at radius 2 is 2.22 bits per heavy atom. The van der Waals surface area contributed by atoms with E-state index in [0.717, 1.165) is 38.5 Å². The topological polar surface area (TPSA) is 43.4 Å². The molecule has 18 heavy (non-hydrogen) atoms. The standard InChI is InChI=1S/C15H22O3/c1-3-18-14(17)10-6-4-5-7-11-15(2)12-8-9-13(15)16/h3-5,7-9,11-12H2,1-2H3. The van der Waals surface area contributed by atoms with Crippen molar-refractivity contribution in [3.8, 4) is 11.8 Å². The van der Waals surface area contributed by atoms with E-state index >= 15 is 0 Å². The minimum absolute atomic E-state index is 0.0887. The van der Waals surface area contributed by atoms with Crippen molar-refractivity contribution < 1.29 is 14.3 Å². The van der Waals surface area contributed by atoms with Crippen molar-refractivity contribution in [3.05, 3.63) is 0 Å². The Bertz CT molecular complexity index is 362. The van der Waals surface area contributed by atoms with E-state index in [1.807, 2.05) is 0 Å². The summed E-state index contributed by atoms with van der Waals surface area (Å²) in [5.41, 5.74) is -0.0887. The normalized spacial score (nSPS) is 22.4. The van der Waals surface area contributed by atoms with Gasteiger partial charge < -0.3 is 4.74 Å². The number of unbranched alkanes of at least 4 members (excludes halogenated alkanes) is 2. The van der Waals surface area contributed by atoms with Crippen molar-refractivity contribution in [1.29, 1.82) is 0 Å². The molecule has 3 nitrogen and oxygen atoms in total. The zero-order chi connectivity index (χ0) is 13.4. The number of hydrogen-bond donors (Lipinski definition) is 0. The molecule has 0 amide bonds. The molecule has 0 aromatic rings. The smallest absolute Gasteiger partial charge is 0.384 e. The molecule has 3 heteroatoms. The molecule has 0 saturated heterocycles. The number of ether oxygens (including phenoxy) is 1. The zero-order valence-electron chi connectivity index (χ0n) is 11.4. The fourth-order valence-electron chi connectivity index (χ4n) is 2.38. The molecule has 0 spiro atoms. The van der Waals surface area contributed by atoms with Crippen molar-refractivity contribution in [2.75, 3.05) is 6.61 Å². The van der Waals surface area contributed by atoms with E-state index in [-0.39, 0.29) is 5.41 Å². The highest BCUT2D eigenvalue weighted by Crippen LogP contribution is 2.38. The average Bonchev–Trinajstić information content (AvgIpc) is 2.65. The van der Waals surface area contributed by atoms with Crippen LogP contribution >= 0.6 is 0 Å². The number of rotatable bonds is 5. The van der Waals surface area contributed by atoms with Crippen LogP contribution < -0.4 is 0 Å². The Labute approximate surface area is 109 Å². The van der Waals surface area contributed by atoms with Crippen LogP contribution in [0.25, 0.3) is 0 Å². The highest BCUT2D eigenvalue weighted by Gasteiger charge is 2.36. The van der Waals surface area contributed by atoms with Crippen LogP contribution in [-0.4, -0.2) is 18.4 Å². The number of carbonyl (C=O) groups excluding carboxylic acids is 2. The zero-order valence-corrected chi connectivity index (χ0v) is 11.4. The molecule has 1 saturated carbocycles. The molecule has 1 rings (SSSR count). The van der Waals surface area contributed by atoms with Crippen molar-refractivity contribution in [3.63, 3.8) is 0 Å². The van der Waals surface area contributed by atoms with E-state index in [4.69, 9.17) is 4.74 Å². The summed E-state index contributed by atoms with van der Waals surface area (Å²) in [4.78, 5) is 22.6. The van der Waals surface area contributed by atoms with E-state index in [9.17, 15) is 9.59 Å². The van der Waals surface area contributed by atoms with Crippen LogP contribution in [0, 0.1) is 17.3 Å². The van der Waals surface area contributed by atoms with Crippen LogP contribution in [0.3, 0.4) is 0 Å². The summed E-state index contributed by atoms with van der Waals surface area (Å²) in [6, 6.07) is 0. The van der Waals surface area contributed by atoms with Crippen LogP contribution in [0.2, 0.25) is 0 Å². The van der Waals surface area contributed by atoms with Crippen LogP contribution in [0.5, 0.6) is 0 Å². The van der Waals surface area contributed by atoms with Gasteiger partial charge in [0.1, 0.15) is 5.78 Å². The molecule has 1 unspecified atom stereocenters. The Balaban J connectivity index is 2.15. The number of hydrogen-bond acceptors (Lipinski definition) is 3. The molecule has 0 aliphatic heterocycles. The highest BCUT2D eigenvalue weighted by atomic mass is 16.5. The Morgan fingerprint density at radius 3 is 2.83 bits per heavy atom. The van der Waals surface area contributed by atoms with Gasteiger partial charge in [-0.3, -0.25) is 4.79 Å². The molecule has 1 atom stereocenters. The van der Waals surface area contributed by atoms with Gasteiger partial charge in [-0.25, -0.2) is 4.79 Å². The fraction of sp³-hybridized carbons (Fsp3) is 0.733. The van der Waals surface area contributed by atoms with Crippen LogP contribution in [0.15, 0.2) is 0 Å². The lowest BCUT2D eigenvalue weighted by atomic mass is 9.82. The highest BCUT2D eigenvalue weighted by molar-refractivity contribution is 5.88. The summed E-state index contributed by atoms with van der Waals surface area (Å²) in [5, 5.41) is 0. The maximum absolute atomic E-state index is 11.7. The largest absolute Gasteiger partial charge is 0.456 e. The van der Waals surface area contributed by atoms with E-state index in [1.165, 1.54) is 0 Å². The van der Waals surface area contributed by atoms with Gasteiger partial charge in [0, 0.05) is 24.2 Å². The summed E-state index contributed by atoms with van der Waals surface area (Å²) in [5.74, 6) is 5.23. The fourth-order valence-corrected chi connectivity index (χ4v) is 2.38.